The maximum Gasteiger partial charge on any atom is 0.0802 e. The highest BCUT2D eigenvalue weighted by atomic mass is 16.3. The molecule has 0 aromatic heterocycles. The molecule has 1 aliphatic heterocycles. The standard InChI is InChI=1S/C13H23NO/c15-13(12-4-2-8-14-12)7-1-3-11(9-13)10-5-6-10/h10-12,14-15H,1-9H2. The summed E-state index contributed by atoms with van der Waals surface area (Å²) in [6.07, 6.45) is 10.0. The van der Waals surface area contributed by atoms with E-state index in [9.17, 15) is 5.11 Å². The maximum atomic E-state index is 10.8. The predicted molar refractivity (Wildman–Crippen MR) is 60.7 cm³/mol. The molecule has 2 heteroatoms. The highest BCUT2D eigenvalue weighted by Gasteiger charge is 2.45. The number of aliphatic hydroxyl groups is 1. The molecule has 2 N–H and O–H groups in total. The molecule has 2 nitrogen and oxygen atoms in total. The minimum absolute atomic E-state index is 0.359. The van der Waals surface area contributed by atoms with Crippen molar-refractivity contribution >= 4 is 0 Å². The fraction of sp³-hybridized carbons (Fsp3) is 1.00. The lowest BCUT2D eigenvalue weighted by Crippen LogP contribution is -2.50. The molecule has 15 heavy (non-hydrogen) atoms. The Kier molecular flexibility index (Phi) is 2.52. The Balaban J connectivity index is 1.67. The summed E-state index contributed by atoms with van der Waals surface area (Å²) >= 11 is 0. The number of hydrogen-bond donors (Lipinski definition) is 2. The summed E-state index contributed by atoms with van der Waals surface area (Å²) < 4.78 is 0. The van der Waals surface area contributed by atoms with Crippen LogP contribution in [0.1, 0.15) is 51.4 Å². The Hall–Kier alpha value is -0.0800. The summed E-state index contributed by atoms with van der Waals surface area (Å²) in [5.74, 6) is 1.81. The molecule has 3 aliphatic rings. The zero-order valence-corrected chi connectivity index (χ0v) is 9.54. The van der Waals surface area contributed by atoms with E-state index in [1.54, 1.807) is 0 Å². The van der Waals surface area contributed by atoms with E-state index in [0.29, 0.717) is 6.04 Å². The zero-order chi connectivity index (χ0) is 10.3. The van der Waals surface area contributed by atoms with Gasteiger partial charge in [0.1, 0.15) is 0 Å². The lowest BCUT2D eigenvalue weighted by atomic mass is 9.72. The van der Waals surface area contributed by atoms with Gasteiger partial charge in [0.25, 0.3) is 0 Å². The van der Waals surface area contributed by atoms with Crippen LogP contribution in [0.5, 0.6) is 0 Å². The topological polar surface area (TPSA) is 32.3 Å². The first-order valence-corrected chi connectivity index (χ1v) is 6.74. The van der Waals surface area contributed by atoms with Gasteiger partial charge >= 0.3 is 0 Å². The average molecular weight is 209 g/mol. The minimum Gasteiger partial charge on any atom is -0.388 e. The Bertz CT molecular complexity index is 233. The quantitative estimate of drug-likeness (QED) is 0.729. The van der Waals surface area contributed by atoms with E-state index in [4.69, 9.17) is 0 Å². The van der Waals surface area contributed by atoms with Crippen LogP contribution in [0.25, 0.3) is 0 Å². The average Bonchev–Trinajstić information content (AvgIpc) is 2.93. The van der Waals surface area contributed by atoms with Crippen molar-refractivity contribution in [3.8, 4) is 0 Å². The van der Waals surface area contributed by atoms with Crippen LogP contribution in [0, 0.1) is 11.8 Å². The molecule has 0 bridgehead atoms. The first-order chi connectivity index (χ1) is 7.28. The van der Waals surface area contributed by atoms with E-state index in [-0.39, 0.29) is 5.60 Å². The molecule has 0 radical (unpaired) electrons. The molecule has 0 amide bonds. The largest absolute Gasteiger partial charge is 0.388 e. The number of hydrogen-bond acceptors (Lipinski definition) is 2. The van der Waals surface area contributed by atoms with Crippen LogP contribution in [0.2, 0.25) is 0 Å². The van der Waals surface area contributed by atoms with Crippen LogP contribution >= 0.6 is 0 Å². The zero-order valence-electron chi connectivity index (χ0n) is 9.54. The van der Waals surface area contributed by atoms with Gasteiger partial charge in [-0.3, -0.25) is 0 Å². The van der Waals surface area contributed by atoms with Gasteiger partial charge in [0.2, 0.25) is 0 Å². The van der Waals surface area contributed by atoms with Gasteiger partial charge < -0.3 is 10.4 Å². The maximum absolute atomic E-state index is 10.8. The highest BCUT2D eigenvalue weighted by Crippen LogP contribution is 2.48. The van der Waals surface area contributed by atoms with Crippen LogP contribution in [0.3, 0.4) is 0 Å². The van der Waals surface area contributed by atoms with Crippen LogP contribution < -0.4 is 5.32 Å². The van der Waals surface area contributed by atoms with E-state index in [1.165, 1.54) is 38.5 Å². The third kappa shape index (κ3) is 1.94. The lowest BCUT2D eigenvalue weighted by molar-refractivity contribution is -0.0459. The van der Waals surface area contributed by atoms with Crippen molar-refractivity contribution < 1.29 is 5.11 Å². The SMILES string of the molecule is OC1(C2CCCN2)CCCC(C2CC2)C1. The Labute approximate surface area is 92.4 Å². The molecule has 3 rings (SSSR count). The van der Waals surface area contributed by atoms with Gasteiger partial charge in [0.05, 0.1) is 5.60 Å². The Morgan fingerprint density at radius 1 is 1.00 bits per heavy atom. The normalized spacial score (nSPS) is 47.0. The summed E-state index contributed by atoms with van der Waals surface area (Å²) in [6, 6.07) is 0.402. The summed E-state index contributed by atoms with van der Waals surface area (Å²) in [6.45, 7) is 1.11. The van der Waals surface area contributed by atoms with E-state index in [0.717, 1.165) is 31.2 Å². The third-order valence-electron chi connectivity index (χ3n) is 4.80. The molecule has 0 aromatic rings. The highest BCUT2D eigenvalue weighted by molar-refractivity contribution is 5.00. The molecular formula is C13H23NO. The summed E-state index contributed by atoms with van der Waals surface area (Å²) in [5, 5.41) is 14.3. The van der Waals surface area contributed by atoms with Crippen LogP contribution in [-0.2, 0) is 0 Å². The third-order valence-corrected chi connectivity index (χ3v) is 4.80. The van der Waals surface area contributed by atoms with Crippen molar-refractivity contribution in [3.63, 3.8) is 0 Å². The summed E-state index contributed by atoms with van der Waals surface area (Å²) in [4.78, 5) is 0. The first-order valence-electron chi connectivity index (χ1n) is 6.74. The van der Waals surface area contributed by atoms with Gasteiger partial charge in [-0.25, -0.2) is 0 Å². The van der Waals surface area contributed by atoms with Gasteiger partial charge in [0, 0.05) is 6.04 Å². The Morgan fingerprint density at radius 3 is 2.53 bits per heavy atom. The number of rotatable bonds is 2. The molecule has 2 aliphatic carbocycles. The van der Waals surface area contributed by atoms with Gasteiger partial charge in [-0.2, -0.15) is 0 Å². The monoisotopic (exact) mass is 209 g/mol. The Morgan fingerprint density at radius 2 is 1.87 bits per heavy atom. The van der Waals surface area contributed by atoms with Crippen molar-refractivity contribution in [3.05, 3.63) is 0 Å². The molecule has 1 heterocycles. The van der Waals surface area contributed by atoms with Gasteiger partial charge in [-0.1, -0.05) is 6.42 Å². The summed E-state index contributed by atoms with van der Waals surface area (Å²) in [5.41, 5.74) is -0.359. The summed E-state index contributed by atoms with van der Waals surface area (Å²) in [7, 11) is 0. The van der Waals surface area contributed by atoms with Crippen molar-refractivity contribution in [1.82, 2.24) is 5.32 Å². The molecule has 0 spiro atoms. The predicted octanol–water partition coefficient (Wildman–Crippen LogP) is 2.07. The van der Waals surface area contributed by atoms with Crippen LogP contribution in [0.15, 0.2) is 0 Å². The van der Waals surface area contributed by atoms with Gasteiger partial charge in [-0.05, 0) is 63.3 Å². The minimum atomic E-state index is -0.359. The van der Waals surface area contributed by atoms with E-state index < -0.39 is 0 Å². The van der Waals surface area contributed by atoms with E-state index in [2.05, 4.69) is 5.32 Å². The molecule has 0 aromatic carbocycles. The van der Waals surface area contributed by atoms with E-state index in [1.807, 2.05) is 0 Å². The van der Waals surface area contributed by atoms with Crippen molar-refractivity contribution in [1.29, 1.82) is 0 Å². The van der Waals surface area contributed by atoms with Gasteiger partial charge in [0.15, 0.2) is 0 Å². The molecule has 1 saturated heterocycles. The van der Waals surface area contributed by atoms with Gasteiger partial charge in [-0.15, -0.1) is 0 Å². The molecule has 86 valence electrons. The molecule has 3 fully saturated rings. The van der Waals surface area contributed by atoms with E-state index >= 15 is 0 Å². The fourth-order valence-electron chi connectivity index (χ4n) is 3.76. The lowest BCUT2D eigenvalue weighted by Gasteiger charge is -2.41. The molecular weight excluding hydrogens is 186 g/mol. The second-order valence-corrected chi connectivity index (χ2v) is 5.95. The second-order valence-electron chi connectivity index (χ2n) is 5.95. The number of nitrogens with one attached hydrogen (secondary N) is 1. The smallest absolute Gasteiger partial charge is 0.0802 e. The van der Waals surface area contributed by atoms with Crippen molar-refractivity contribution in [2.45, 2.75) is 63.0 Å². The first kappa shape index (κ1) is 10.1. The van der Waals surface area contributed by atoms with Crippen molar-refractivity contribution in [2.24, 2.45) is 11.8 Å². The van der Waals surface area contributed by atoms with Crippen molar-refractivity contribution in [2.75, 3.05) is 6.54 Å². The second kappa shape index (κ2) is 3.74. The fourth-order valence-corrected chi connectivity index (χ4v) is 3.76. The molecule has 3 unspecified atom stereocenters. The molecule has 3 atom stereocenters. The van der Waals surface area contributed by atoms with Crippen LogP contribution in [-0.4, -0.2) is 23.3 Å². The van der Waals surface area contributed by atoms with Crippen LogP contribution in [0.4, 0.5) is 0 Å². The molecule has 2 saturated carbocycles.